The number of amides is 2. The fourth-order valence-corrected chi connectivity index (χ4v) is 9.01. The van der Waals surface area contributed by atoms with E-state index in [1.165, 1.54) is 11.0 Å². The summed E-state index contributed by atoms with van der Waals surface area (Å²) in [4.78, 5) is 43.6. The Morgan fingerprint density at radius 1 is 0.684 bits per heavy atom. The van der Waals surface area contributed by atoms with E-state index in [1.54, 1.807) is 36.4 Å². The van der Waals surface area contributed by atoms with E-state index in [2.05, 4.69) is 31.9 Å². The zero-order chi connectivity index (χ0) is 26.4. The Labute approximate surface area is 240 Å². The zero-order valence-corrected chi connectivity index (χ0v) is 23.6. The van der Waals surface area contributed by atoms with Gasteiger partial charge in [-0.05, 0) is 40.5 Å². The molecule has 1 saturated heterocycles. The van der Waals surface area contributed by atoms with E-state index < -0.39 is 20.5 Å². The van der Waals surface area contributed by atoms with Gasteiger partial charge >= 0.3 is 0 Å². The van der Waals surface area contributed by atoms with Gasteiger partial charge in [0.2, 0.25) is 11.8 Å². The van der Waals surface area contributed by atoms with Gasteiger partial charge in [-0.15, -0.1) is 0 Å². The van der Waals surface area contributed by atoms with Crippen LogP contribution in [-0.4, -0.2) is 17.6 Å². The lowest BCUT2D eigenvalue weighted by Crippen LogP contribution is -2.56. The second-order valence-electron chi connectivity index (χ2n) is 9.84. The van der Waals surface area contributed by atoms with E-state index in [9.17, 15) is 14.4 Å². The van der Waals surface area contributed by atoms with E-state index in [1.807, 2.05) is 54.6 Å². The first-order valence-corrected chi connectivity index (χ1v) is 14.1. The van der Waals surface area contributed by atoms with Gasteiger partial charge in [0.15, 0.2) is 5.78 Å². The van der Waals surface area contributed by atoms with Crippen molar-refractivity contribution in [1.29, 1.82) is 0 Å². The molecule has 2 amide bonds. The zero-order valence-electron chi connectivity index (χ0n) is 19.7. The minimum absolute atomic E-state index is 0.207. The SMILES string of the molecule is O=C(c1ccccc1)c1cc(Cl)ccc1N1C(=O)C2C(C1=O)C1(Br)c3ccccc3C2(Br)c2ccccc21. The van der Waals surface area contributed by atoms with Crippen LogP contribution >= 0.6 is 43.5 Å². The fraction of sp³-hybridized carbons (Fsp3) is 0.129. The largest absolute Gasteiger partial charge is 0.289 e. The van der Waals surface area contributed by atoms with Crippen molar-refractivity contribution in [3.05, 3.63) is 135 Å². The van der Waals surface area contributed by atoms with Crippen molar-refractivity contribution in [2.75, 3.05) is 4.90 Å². The molecule has 4 aromatic carbocycles. The standard InChI is InChI=1S/C31H18Br2ClNO3/c32-30-20-10-4-5-11-21(20)31(33,23-13-7-6-12-22(23)30)26-25(30)28(37)35(29(26)38)24-15-14-18(34)16-19(24)27(36)17-8-2-1-3-9-17/h1-16,25-26H. The van der Waals surface area contributed by atoms with E-state index >= 15 is 0 Å². The molecule has 7 heteroatoms. The highest BCUT2D eigenvalue weighted by Crippen LogP contribution is 2.70. The van der Waals surface area contributed by atoms with E-state index in [0.717, 1.165) is 22.3 Å². The van der Waals surface area contributed by atoms with Gasteiger partial charge in [0, 0.05) is 16.1 Å². The Bertz CT molecular complexity index is 1580. The molecule has 3 aliphatic carbocycles. The number of hydrogen-bond acceptors (Lipinski definition) is 3. The van der Waals surface area contributed by atoms with Crippen LogP contribution in [0.5, 0.6) is 0 Å². The van der Waals surface area contributed by atoms with Crippen LogP contribution < -0.4 is 4.90 Å². The van der Waals surface area contributed by atoms with Gasteiger partial charge in [-0.1, -0.05) is 122 Å². The second kappa shape index (κ2) is 8.22. The average molecular weight is 648 g/mol. The lowest BCUT2D eigenvalue weighted by atomic mass is 9.54. The number of carbonyl (C=O) groups is 3. The Hall–Kier alpha value is -3.06. The van der Waals surface area contributed by atoms with Gasteiger partial charge in [0.25, 0.3) is 0 Å². The molecule has 4 nitrogen and oxygen atoms in total. The number of rotatable bonds is 3. The molecule has 8 rings (SSSR count). The highest BCUT2D eigenvalue weighted by Gasteiger charge is 2.72. The van der Waals surface area contributed by atoms with Gasteiger partial charge in [-0.25, -0.2) is 4.90 Å². The first kappa shape index (κ1) is 24.0. The van der Waals surface area contributed by atoms with Crippen molar-refractivity contribution < 1.29 is 14.4 Å². The van der Waals surface area contributed by atoms with Gasteiger partial charge in [-0.3, -0.25) is 14.4 Å². The molecule has 0 N–H and O–H groups in total. The van der Waals surface area contributed by atoms with Gasteiger partial charge in [-0.2, -0.15) is 0 Å². The van der Waals surface area contributed by atoms with Crippen molar-refractivity contribution >= 4 is 66.7 Å². The summed E-state index contributed by atoms with van der Waals surface area (Å²) in [5, 5.41) is 0.346. The Balaban J connectivity index is 1.45. The molecule has 2 unspecified atom stereocenters. The molecule has 1 heterocycles. The van der Waals surface area contributed by atoms with Crippen LogP contribution in [0.3, 0.4) is 0 Å². The fourth-order valence-electron chi connectivity index (χ4n) is 6.53. The molecule has 0 spiro atoms. The molecule has 0 radical (unpaired) electrons. The summed E-state index contributed by atoms with van der Waals surface area (Å²) in [6.45, 7) is 0. The first-order chi connectivity index (χ1) is 18.3. The third-order valence-electron chi connectivity index (χ3n) is 8.07. The first-order valence-electron chi connectivity index (χ1n) is 12.1. The highest BCUT2D eigenvalue weighted by atomic mass is 79.9. The summed E-state index contributed by atoms with van der Waals surface area (Å²) in [6.07, 6.45) is 0. The topological polar surface area (TPSA) is 54.5 Å². The molecule has 186 valence electrons. The number of benzene rings is 4. The molecule has 4 aromatic rings. The van der Waals surface area contributed by atoms with E-state index in [4.69, 9.17) is 11.6 Å². The molecular formula is C31H18Br2ClNO3. The van der Waals surface area contributed by atoms with E-state index in [0.29, 0.717) is 10.6 Å². The lowest BCUT2D eigenvalue weighted by molar-refractivity contribution is -0.122. The summed E-state index contributed by atoms with van der Waals surface area (Å²) in [7, 11) is 0. The number of ketones is 1. The van der Waals surface area contributed by atoms with Crippen molar-refractivity contribution in [1.82, 2.24) is 0 Å². The summed E-state index contributed by atoms with van der Waals surface area (Å²) < 4.78 is -1.81. The molecule has 2 atom stereocenters. The van der Waals surface area contributed by atoms with Crippen LogP contribution in [0.25, 0.3) is 0 Å². The number of imide groups is 1. The quantitative estimate of drug-likeness (QED) is 0.137. The predicted octanol–water partition coefficient (Wildman–Crippen LogP) is 6.98. The van der Waals surface area contributed by atoms with Crippen molar-refractivity contribution in [2.24, 2.45) is 11.8 Å². The molecule has 38 heavy (non-hydrogen) atoms. The van der Waals surface area contributed by atoms with Gasteiger partial charge in [0.05, 0.1) is 26.2 Å². The molecule has 1 fully saturated rings. The maximum atomic E-state index is 14.4. The van der Waals surface area contributed by atoms with Crippen molar-refractivity contribution in [3.8, 4) is 0 Å². The van der Waals surface area contributed by atoms with Crippen molar-refractivity contribution in [2.45, 2.75) is 8.65 Å². The molecule has 1 aliphatic heterocycles. The predicted molar refractivity (Wildman–Crippen MR) is 153 cm³/mol. The van der Waals surface area contributed by atoms with Crippen LogP contribution in [-0.2, 0) is 18.2 Å². The van der Waals surface area contributed by atoms with Crippen LogP contribution in [0.1, 0.15) is 38.2 Å². The van der Waals surface area contributed by atoms with Crippen LogP contribution in [0.2, 0.25) is 5.02 Å². The summed E-state index contributed by atoms with van der Waals surface area (Å²) in [6, 6.07) is 29.3. The molecular weight excluding hydrogens is 630 g/mol. The Kier molecular flexibility index (Phi) is 5.19. The smallest absolute Gasteiger partial charge is 0.239 e. The number of anilines is 1. The Morgan fingerprint density at radius 3 is 1.61 bits per heavy atom. The van der Waals surface area contributed by atoms with Crippen molar-refractivity contribution in [3.63, 3.8) is 0 Å². The average Bonchev–Trinajstić information content (AvgIpc) is 3.22. The number of carbonyl (C=O) groups excluding carboxylic acids is 3. The minimum Gasteiger partial charge on any atom is -0.289 e. The molecule has 4 aliphatic rings. The summed E-state index contributed by atoms with van der Waals surface area (Å²) in [5.74, 6) is -2.47. The monoisotopic (exact) mass is 645 g/mol. The number of hydrogen-bond donors (Lipinski definition) is 0. The number of nitrogens with zero attached hydrogens (tertiary/aromatic N) is 1. The highest BCUT2D eigenvalue weighted by molar-refractivity contribution is 9.10. The van der Waals surface area contributed by atoms with Crippen LogP contribution in [0.15, 0.2) is 97.1 Å². The third-order valence-corrected chi connectivity index (χ3v) is 11.0. The second-order valence-corrected chi connectivity index (χ2v) is 12.8. The van der Waals surface area contributed by atoms with Crippen LogP contribution in [0.4, 0.5) is 5.69 Å². The maximum absolute atomic E-state index is 14.4. The molecule has 0 aromatic heterocycles. The molecule has 2 bridgehead atoms. The summed E-state index contributed by atoms with van der Waals surface area (Å²) >= 11 is 14.3. The third kappa shape index (κ3) is 2.88. The normalized spacial score (nSPS) is 26.7. The van der Waals surface area contributed by atoms with Gasteiger partial charge < -0.3 is 0 Å². The lowest BCUT2D eigenvalue weighted by Gasteiger charge is -2.55. The summed E-state index contributed by atoms with van der Waals surface area (Å²) in [5.41, 5.74) is 4.72. The minimum atomic E-state index is -0.905. The Morgan fingerprint density at radius 2 is 1.13 bits per heavy atom. The number of alkyl halides is 2. The van der Waals surface area contributed by atoms with Crippen LogP contribution in [0, 0.1) is 11.8 Å². The van der Waals surface area contributed by atoms with E-state index in [-0.39, 0.29) is 28.8 Å². The van der Waals surface area contributed by atoms with Gasteiger partial charge in [0.1, 0.15) is 0 Å². The molecule has 0 saturated carbocycles. The maximum Gasteiger partial charge on any atom is 0.239 e. The number of halogens is 3.